The summed E-state index contributed by atoms with van der Waals surface area (Å²) in [7, 11) is 3.24. The van der Waals surface area contributed by atoms with Gasteiger partial charge in [-0.3, -0.25) is 5.41 Å². The summed E-state index contributed by atoms with van der Waals surface area (Å²) >= 11 is 0.913. The molecule has 3 N–H and O–H groups in total. The van der Waals surface area contributed by atoms with Crippen molar-refractivity contribution in [2.24, 2.45) is 0 Å². The quantitative estimate of drug-likeness (QED) is 0.524. The standard InChI is InChI=1S/C10H17F3N2O3S/c1-15(2)9(14)19-7-3-5(16)8(17)6(18-7)4-10(11,12)13/h5-8,14,16-17H,3-4H2,1-2H3/t5-,6-,7-,8+/m1/s1. The number of amidine groups is 1. The van der Waals surface area contributed by atoms with Gasteiger partial charge in [0.2, 0.25) is 0 Å². The van der Waals surface area contributed by atoms with Crippen LogP contribution < -0.4 is 0 Å². The number of thioether (sulfide) groups is 1. The van der Waals surface area contributed by atoms with Crippen molar-refractivity contribution in [1.82, 2.24) is 4.90 Å². The van der Waals surface area contributed by atoms with Gasteiger partial charge in [0.05, 0.1) is 18.6 Å². The molecule has 112 valence electrons. The zero-order chi connectivity index (χ0) is 14.8. The summed E-state index contributed by atoms with van der Waals surface area (Å²) < 4.78 is 42.1. The van der Waals surface area contributed by atoms with Crippen LogP contribution in [0.3, 0.4) is 0 Å². The Bertz CT molecular complexity index is 328. The highest BCUT2D eigenvalue weighted by Gasteiger charge is 2.43. The SMILES string of the molecule is CN(C)C(=N)S[C@@H]1C[C@@H](O)[C@H](O)[C@@H](CC(F)(F)F)O1. The number of aliphatic hydroxyl groups is 2. The predicted molar refractivity (Wildman–Crippen MR) is 65.0 cm³/mol. The number of halogens is 3. The molecule has 0 spiro atoms. The Morgan fingerprint density at radius 2 is 2.00 bits per heavy atom. The Balaban J connectivity index is 2.65. The van der Waals surface area contributed by atoms with Crippen LogP contribution in [0, 0.1) is 5.41 Å². The van der Waals surface area contributed by atoms with Crippen molar-refractivity contribution in [3.05, 3.63) is 0 Å². The van der Waals surface area contributed by atoms with E-state index in [9.17, 15) is 23.4 Å². The number of hydrogen-bond donors (Lipinski definition) is 3. The maximum absolute atomic E-state index is 12.3. The van der Waals surface area contributed by atoms with Crippen molar-refractivity contribution in [3.63, 3.8) is 0 Å². The molecule has 1 heterocycles. The number of nitrogens with zero attached hydrogens (tertiary/aromatic N) is 1. The van der Waals surface area contributed by atoms with Crippen LogP contribution >= 0.6 is 11.8 Å². The lowest BCUT2D eigenvalue weighted by Crippen LogP contribution is -2.49. The van der Waals surface area contributed by atoms with Gasteiger partial charge in [-0.2, -0.15) is 13.2 Å². The van der Waals surface area contributed by atoms with Crippen LogP contribution in [0.4, 0.5) is 13.2 Å². The average molecular weight is 302 g/mol. The van der Waals surface area contributed by atoms with Crippen LogP contribution in [-0.2, 0) is 4.74 Å². The monoisotopic (exact) mass is 302 g/mol. The highest BCUT2D eigenvalue weighted by atomic mass is 32.2. The van der Waals surface area contributed by atoms with Crippen molar-refractivity contribution in [3.8, 4) is 0 Å². The molecule has 19 heavy (non-hydrogen) atoms. The second-order valence-corrected chi connectivity index (χ2v) is 5.68. The van der Waals surface area contributed by atoms with Crippen molar-refractivity contribution >= 4 is 16.9 Å². The lowest BCUT2D eigenvalue weighted by Gasteiger charge is -2.37. The zero-order valence-corrected chi connectivity index (χ0v) is 11.3. The lowest BCUT2D eigenvalue weighted by atomic mass is 10.00. The Labute approximate surface area is 113 Å². The van der Waals surface area contributed by atoms with Gasteiger partial charge < -0.3 is 19.8 Å². The van der Waals surface area contributed by atoms with Gasteiger partial charge >= 0.3 is 6.18 Å². The molecule has 1 aliphatic heterocycles. The Hall–Kier alpha value is -0.510. The zero-order valence-electron chi connectivity index (χ0n) is 10.5. The van der Waals surface area contributed by atoms with Gasteiger partial charge in [-0.05, 0) is 0 Å². The minimum atomic E-state index is -4.48. The maximum atomic E-state index is 12.3. The number of alkyl halides is 3. The highest BCUT2D eigenvalue weighted by molar-refractivity contribution is 8.14. The van der Waals surface area contributed by atoms with Crippen LogP contribution in [-0.4, -0.2) is 64.3 Å². The van der Waals surface area contributed by atoms with Crippen LogP contribution in [0.5, 0.6) is 0 Å². The lowest BCUT2D eigenvalue weighted by molar-refractivity contribution is -0.206. The van der Waals surface area contributed by atoms with E-state index in [0.29, 0.717) is 0 Å². The molecular formula is C10H17F3N2O3S. The number of rotatable bonds is 2. The fraction of sp³-hybridized carbons (Fsp3) is 0.900. The molecule has 4 atom stereocenters. The summed E-state index contributed by atoms with van der Waals surface area (Å²) in [6.07, 6.45) is -10.2. The van der Waals surface area contributed by atoms with Crippen molar-refractivity contribution < 1.29 is 28.1 Å². The number of hydrogen-bond acceptors (Lipinski definition) is 5. The van der Waals surface area contributed by atoms with E-state index >= 15 is 0 Å². The van der Waals surface area contributed by atoms with Gasteiger partial charge in [-0.15, -0.1) is 0 Å². The molecule has 0 amide bonds. The van der Waals surface area contributed by atoms with Crippen molar-refractivity contribution in [2.75, 3.05) is 14.1 Å². The van der Waals surface area contributed by atoms with Gasteiger partial charge in [0.25, 0.3) is 0 Å². The van der Waals surface area contributed by atoms with Crippen LogP contribution in [0.1, 0.15) is 12.8 Å². The first-order chi connectivity index (χ1) is 8.60. The molecule has 0 aromatic rings. The van der Waals surface area contributed by atoms with Gasteiger partial charge in [0, 0.05) is 20.5 Å². The summed E-state index contributed by atoms with van der Waals surface area (Å²) in [6.45, 7) is 0. The molecule has 0 aromatic heterocycles. The molecule has 1 rings (SSSR count). The second kappa shape index (κ2) is 6.29. The van der Waals surface area contributed by atoms with Crippen LogP contribution in [0.25, 0.3) is 0 Å². The third kappa shape index (κ3) is 5.17. The number of nitrogens with one attached hydrogen (secondary N) is 1. The van der Waals surface area contributed by atoms with E-state index in [1.807, 2.05) is 0 Å². The summed E-state index contributed by atoms with van der Waals surface area (Å²) in [5, 5.41) is 26.8. The molecule has 9 heteroatoms. The van der Waals surface area contributed by atoms with E-state index in [0.717, 1.165) is 11.8 Å². The Kier molecular flexibility index (Phi) is 5.48. The summed E-state index contributed by atoms with van der Waals surface area (Å²) in [6, 6.07) is 0. The summed E-state index contributed by atoms with van der Waals surface area (Å²) in [5.74, 6) is 0. The Morgan fingerprint density at radius 1 is 1.42 bits per heavy atom. The molecular weight excluding hydrogens is 285 g/mol. The first-order valence-corrected chi connectivity index (χ1v) is 6.49. The minimum absolute atomic E-state index is 0.0174. The molecule has 0 saturated carbocycles. The van der Waals surface area contributed by atoms with Crippen LogP contribution in [0.2, 0.25) is 0 Å². The first kappa shape index (κ1) is 16.5. The molecule has 5 nitrogen and oxygen atoms in total. The normalized spacial score (nSPS) is 32.2. The fourth-order valence-electron chi connectivity index (χ4n) is 1.62. The van der Waals surface area contributed by atoms with Crippen molar-refractivity contribution in [2.45, 2.75) is 42.8 Å². The van der Waals surface area contributed by atoms with E-state index in [4.69, 9.17) is 10.1 Å². The molecule has 0 radical (unpaired) electrons. The topological polar surface area (TPSA) is 76.8 Å². The average Bonchev–Trinajstić information content (AvgIpc) is 2.23. The molecule has 0 aromatic carbocycles. The third-order valence-corrected chi connectivity index (χ3v) is 3.77. The molecule has 0 aliphatic carbocycles. The maximum Gasteiger partial charge on any atom is 0.391 e. The van der Waals surface area contributed by atoms with E-state index in [1.54, 1.807) is 14.1 Å². The first-order valence-electron chi connectivity index (χ1n) is 5.61. The van der Waals surface area contributed by atoms with E-state index < -0.39 is 36.3 Å². The molecule has 1 fully saturated rings. The smallest absolute Gasteiger partial charge is 0.390 e. The third-order valence-electron chi connectivity index (χ3n) is 2.62. The largest absolute Gasteiger partial charge is 0.391 e. The van der Waals surface area contributed by atoms with Gasteiger partial charge in [0.15, 0.2) is 5.17 Å². The van der Waals surface area contributed by atoms with E-state index in [2.05, 4.69) is 0 Å². The molecule has 0 bridgehead atoms. The Morgan fingerprint density at radius 3 is 2.47 bits per heavy atom. The molecule has 1 aliphatic rings. The fourth-order valence-corrected chi connectivity index (χ4v) is 2.57. The predicted octanol–water partition coefficient (Wildman–Crippen LogP) is 1.01. The summed E-state index contributed by atoms with van der Waals surface area (Å²) in [4.78, 5) is 1.48. The van der Waals surface area contributed by atoms with Gasteiger partial charge in [-0.25, -0.2) is 0 Å². The van der Waals surface area contributed by atoms with Gasteiger partial charge in [-0.1, -0.05) is 11.8 Å². The second-order valence-electron chi connectivity index (χ2n) is 4.53. The summed E-state index contributed by atoms with van der Waals surface area (Å²) in [5.41, 5.74) is -0.777. The number of aliphatic hydroxyl groups excluding tert-OH is 2. The van der Waals surface area contributed by atoms with E-state index in [-0.39, 0.29) is 11.6 Å². The van der Waals surface area contributed by atoms with Crippen LogP contribution in [0.15, 0.2) is 0 Å². The van der Waals surface area contributed by atoms with E-state index in [1.165, 1.54) is 4.90 Å². The van der Waals surface area contributed by atoms with Gasteiger partial charge in [0.1, 0.15) is 11.5 Å². The number of ether oxygens (including phenoxy) is 1. The molecule has 0 unspecified atom stereocenters. The highest BCUT2D eigenvalue weighted by Crippen LogP contribution is 2.34. The molecule has 1 saturated heterocycles. The van der Waals surface area contributed by atoms with Crippen molar-refractivity contribution in [1.29, 1.82) is 5.41 Å². The minimum Gasteiger partial charge on any atom is -0.390 e.